The van der Waals surface area contributed by atoms with Gasteiger partial charge in [-0.05, 0) is 36.1 Å². The first kappa shape index (κ1) is 12.7. The maximum atomic E-state index is 9.26. The number of hydrogen-bond donors (Lipinski definition) is 0. The molecular formula is C16H14ClN. The van der Waals surface area contributed by atoms with Gasteiger partial charge in [0.1, 0.15) is 0 Å². The van der Waals surface area contributed by atoms with Crippen LogP contribution >= 0.6 is 11.6 Å². The Morgan fingerprint density at radius 2 is 1.83 bits per heavy atom. The van der Waals surface area contributed by atoms with Gasteiger partial charge in [-0.15, -0.1) is 0 Å². The second kappa shape index (κ2) is 6.23. The summed E-state index contributed by atoms with van der Waals surface area (Å²) in [6, 6.07) is 20.1. The lowest BCUT2D eigenvalue weighted by Crippen LogP contribution is -1.98. The van der Waals surface area contributed by atoms with Crippen molar-refractivity contribution in [2.24, 2.45) is 0 Å². The van der Waals surface area contributed by atoms with Gasteiger partial charge in [0.15, 0.2) is 0 Å². The van der Waals surface area contributed by atoms with Crippen molar-refractivity contribution >= 4 is 11.6 Å². The summed E-state index contributed by atoms with van der Waals surface area (Å²) < 4.78 is 0. The van der Waals surface area contributed by atoms with Crippen LogP contribution in [0.2, 0.25) is 5.02 Å². The van der Waals surface area contributed by atoms with Crippen LogP contribution in [-0.2, 0) is 6.42 Å². The van der Waals surface area contributed by atoms with Gasteiger partial charge in [0.05, 0.1) is 12.0 Å². The van der Waals surface area contributed by atoms with Crippen molar-refractivity contribution in [3.63, 3.8) is 0 Å². The largest absolute Gasteiger partial charge is 0.198 e. The Hall–Kier alpha value is -1.78. The van der Waals surface area contributed by atoms with Crippen LogP contribution in [0.25, 0.3) is 0 Å². The molecule has 1 unspecified atom stereocenters. The minimum atomic E-state index is -0.0936. The van der Waals surface area contributed by atoms with Crippen molar-refractivity contribution in [3.05, 3.63) is 70.7 Å². The SMILES string of the molecule is N#CC(CCc1ccccc1)c1cccc(Cl)c1. The van der Waals surface area contributed by atoms with Gasteiger partial charge in [-0.25, -0.2) is 0 Å². The Kier molecular flexibility index (Phi) is 4.39. The lowest BCUT2D eigenvalue weighted by atomic mass is 9.94. The molecule has 90 valence electrons. The van der Waals surface area contributed by atoms with Crippen molar-refractivity contribution in [3.8, 4) is 6.07 Å². The lowest BCUT2D eigenvalue weighted by molar-refractivity contribution is 0.746. The molecule has 2 heteroatoms. The highest BCUT2D eigenvalue weighted by Crippen LogP contribution is 2.23. The maximum absolute atomic E-state index is 9.26. The minimum Gasteiger partial charge on any atom is -0.198 e. The number of nitrogens with zero attached hydrogens (tertiary/aromatic N) is 1. The highest BCUT2D eigenvalue weighted by atomic mass is 35.5. The molecule has 2 aromatic rings. The predicted molar refractivity (Wildman–Crippen MR) is 74.6 cm³/mol. The highest BCUT2D eigenvalue weighted by Gasteiger charge is 2.10. The van der Waals surface area contributed by atoms with E-state index in [1.54, 1.807) is 0 Å². The van der Waals surface area contributed by atoms with Crippen LogP contribution in [0.5, 0.6) is 0 Å². The lowest BCUT2D eigenvalue weighted by Gasteiger charge is -2.09. The summed E-state index contributed by atoms with van der Waals surface area (Å²) in [7, 11) is 0. The van der Waals surface area contributed by atoms with Crippen LogP contribution < -0.4 is 0 Å². The Bertz CT molecular complexity index is 543. The smallest absolute Gasteiger partial charge is 0.0716 e. The van der Waals surface area contributed by atoms with Crippen molar-refractivity contribution in [2.45, 2.75) is 18.8 Å². The average Bonchev–Trinajstić information content (AvgIpc) is 2.41. The second-order valence-corrected chi connectivity index (χ2v) is 4.70. The van der Waals surface area contributed by atoms with Gasteiger partial charge in [0, 0.05) is 5.02 Å². The van der Waals surface area contributed by atoms with E-state index in [1.807, 2.05) is 42.5 Å². The van der Waals surface area contributed by atoms with Gasteiger partial charge >= 0.3 is 0 Å². The summed E-state index contributed by atoms with van der Waals surface area (Å²) in [5.41, 5.74) is 2.26. The van der Waals surface area contributed by atoms with Crippen LogP contribution in [-0.4, -0.2) is 0 Å². The zero-order chi connectivity index (χ0) is 12.8. The Morgan fingerprint density at radius 3 is 2.50 bits per heavy atom. The Labute approximate surface area is 113 Å². The molecule has 0 bridgehead atoms. The molecule has 0 N–H and O–H groups in total. The van der Waals surface area contributed by atoms with E-state index in [-0.39, 0.29) is 5.92 Å². The van der Waals surface area contributed by atoms with E-state index in [9.17, 15) is 5.26 Å². The van der Waals surface area contributed by atoms with E-state index < -0.39 is 0 Å². The summed E-state index contributed by atoms with van der Waals surface area (Å²) in [5, 5.41) is 9.94. The topological polar surface area (TPSA) is 23.8 Å². The van der Waals surface area contributed by atoms with E-state index >= 15 is 0 Å². The first-order chi connectivity index (χ1) is 8.79. The molecule has 0 aliphatic heterocycles. The maximum Gasteiger partial charge on any atom is 0.0716 e. The molecule has 2 aromatic carbocycles. The van der Waals surface area contributed by atoms with Crippen LogP contribution in [0.3, 0.4) is 0 Å². The van der Waals surface area contributed by atoms with Gasteiger partial charge in [0.25, 0.3) is 0 Å². The molecule has 0 aliphatic carbocycles. The molecule has 1 nitrogen and oxygen atoms in total. The number of halogens is 1. The first-order valence-electron chi connectivity index (χ1n) is 5.98. The second-order valence-electron chi connectivity index (χ2n) is 4.26. The summed E-state index contributed by atoms with van der Waals surface area (Å²) in [4.78, 5) is 0. The van der Waals surface area contributed by atoms with E-state index in [1.165, 1.54) is 5.56 Å². The minimum absolute atomic E-state index is 0.0936. The van der Waals surface area contributed by atoms with Crippen molar-refractivity contribution < 1.29 is 0 Å². The fourth-order valence-electron chi connectivity index (χ4n) is 1.98. The molecule has 0 fully saturated rings. The molecule has 1 atom stereocenters. The third kappa shape index (κ3) is 3.35. The molecule has 0 spiro atoms. The standard InChI is InChI=1S/C16H14ClN/c17-16-8-4-7-14(11-16)15(12-18)10-9-13-5-2-1-3-6-13/h1-8,11,15H,9-10H2. The fraction of sp³-hybridized carbons (Fsp3) is 0.188. The quantitative estimate of drug-likeness (QED) is 0.785. The summed E-state index contributed by atoms with van der Waals surface area (Å²) in [5.74, 6) is -0.0936. The van der Waals surface area contributed by atoms with Crippen molar-refractivity contribution in [1.82, 2.24) is 0 Å². The number of aryl methyl sites for hydroxylation is 1. The Morgan fingerprint density at radius 1 is 1.06 bits per heavy atom. The molecule has 0 amide bonds. The van der Waals surface area contributed by atoms with Crippen LogP contribution in [0.4, 0.5) is 0 Å². The zero-order valence-electron chi connectivity index (χ0n) is 10.0. The third-order valence-corrected chi connectivity index (χ3v) is 3.21. The van der Waals surface area contributed by atoms with E-state index in [4.69, 9.17) is 11.6 Å². The third-order valence-electron chi connectivity index (χ3n) is 2.97. The van der Waals surface area contributed by atoms with Gasteiger partial charge in [-0.2, -0.15) is 5.26 Å². The molecule has 0 radical (unpaired) electrons. The molecule has 0 saturated carbocycles. The fourth-order valence-corrected chi connectivity index (χ4v) is 2.18. The van der Waals surface area contributed by atoms with Crippen molar-refractivity contribution in [1.29, 1.82) is 5.26 Å². The molecule has 2 rings (SSSR count). The molecule has 0 heterocycles. The van der Waals surface area contributed by atoms with Gasteiger partial charge in [0.2, 0.25) is 0 Å². The molecule has 18 heavy (non-hydrogen) atoms. The highest BCUT2D eigenvalue weighted by molar-refractivity contribution is 6.30. The van der Waals surface area contributed by atoms with E-state index in [2.05, 4.69) is 18.2 Å². The molecular weight excluding hydrogens is 242 g/mol. The van der Waals surface area contributed by atoms with E-state index in [0.717, 1.165) is 18.4 Å². The average molecular weight is 256 g/mol. The number of benzene rings is 2. The zero-order valence-corrected chi connectivity index (χ0v) is 10.8. The molecule has 0 aromatic heterocycles. The van der Waals surface area contributed by atoms with Crippen LogP contribution in [0, 0.1) is 11.3 Å². The summed E-state index contributed by atoms with van der Waals surface area (Å²) >= 11 is 5.95. The predicted octanol–water partition coefficient (Wildman–Crippen LogP) is 4.58. The number of nitriles is 1. The Balaban J connectivity index is 2.05. The van der Waals surface area contributed by atoms with Gasteiger partial charge in [-0.3, -0.25) is 0 Å². The molecule has 0 saturated heterocycles. The summed E-state index contributed by atoms with van der Waals surface area (Å²) in [6.07, 6.45) is 1.73. The van der Waals surface area contributed by atoms with E-state index in [0.29, 0.717) is 5.02 Å². The van der Waals surface area contributed by atoms with Crippen LogP contribution in [0.15, 0.2) is 54.6 Å². The van der Waals surface area contributed by atoms with Crippen molar-refractivity contribution in [2.75, 3.05) is 0 Å². The number of rotatable bonds is 4. The van der Waals surface area contributed by atoms with Gasteiger partial charge < -0.3 is 0 Å². The molecule has 0 aliphatic rings. The normalized spacial score (nSPS) is 11.8. The number of hydrogen-bond acceptors (Lipinski definition) is 1. The summed E-state index contributed by atoms with van der Waals surface area (Å²) in [6.45, 7) is 0. The first-order valence-corrected chi connectivity index (χ1v) is 6.36. The van der Waals surface area contributed by atoms with Crippen LogP contribution in [0.1, 0.15) is 23.5 Å². The monoisotopic (exact) mass is 255 g/mol. The van der Waals surface area contributed by atoms with Gasteiger partial charge in [-0.1, -0.05) is 54.1 Å².